The zero-order chi connectivity index (χ0) is 24.1. The lowest BCUT2D eigenvalue weighted by atomic mass is 10.00. The summed E-state index contributed by atoms with van der Waals surface area (Å²) in [5, 5.41) is 13.3. The minimum atomic E-state index is -3.15. The van der Waals surface area contributed by atoms with E-state index in [0.29, 0.717) is 44.8 Å². The van der Waals surface area contributed by atoms with Crippen molar-refractivity contribution in [3.63, 3.8) is 0 Å². The average Bonchev–Trinajstić information content (AvgIpc) is 2.82. The number of hydrogen-bond acceptors (Lipinski definition) is 6. The second-order valence-corrected chi connectivity index (χ2v) is 11.2. The Kier molecular flexibility index (Phi) is 8.00. The van der Waals surface area contributed by atoms with Gasteiger partial charge in [-0.15, -0.1) is 0 Å². The van der Waals surface area contributed by atoms with Gasteiger partial charge >= 0.3 is 0 Å². The number of fused-ring (bicyclic) bond motifs is 1. The molecule has 2 N–H and O–H groups in total. The summed E-state index contributed by atoms with van der Waals surface area (Å²) in [7, 11) is -3.15. The van der Waals surface area contributed by atoms with Crippen molar-refractivity contribution in [2.75, 3.05) is 52.1 Å². The van der Waals surface area contributed by atoms with Crippen LogP contribution in [0.3, 0.4) is 0 Å². The van der Waals surface area contributed by atoms with E-state index in [2.05, 4.69) is 33.3 Å². The molecule has 0 aliphatic carbocycles. The van der Waals surface area contributed by atoms with Crippen LogP contribution in [0.2, 0.25) is 0 Å². The zero-order valence-electron chi connectivity index (χ0n) is 19.7. The molecule has 2 aromatic carbocycles. The number of aliphatic hydroxyl groups excluding tert-OH is 1. The van der Waals surface area contributed by atoms with Gasteiger partial charge in [0.1, 0.15) is 0 Å². The van der Waals surface area contributed by atoms with Crippen molar-refractivity contribution in [3.05, 3.63) is 70.8 Å². The van der Waals surface area contributed by atoms with E-state index in [1.54, 1.807) is 6.07 Å². The van der Waals surface area contributed by atoms with Gasteiger partial charge in [0.25, 0.3) is 5.91 Å². The maximum atomic E-state index is 12.7. The monoisotopic (exact) mass is 486 g/mol. The van der Waals surface area contributed by atoms with Gasteiger partial charge in [-0.3, -0.25) is 14.6 Å². The molecule has 1 amide bonds. The second kappa shape index (κ2) is 11.0. The number of nitrogens with one attached hydrogen (secondary N) is 1. The van der Waals surface area contributed by atoms with E-state index >= 15 is 0 Å². The van der Waals surface area contributed by atoms with E-state index in [1.165, 1.54) is 21.7 Å². The van der Waals surface area contributed by atoms with E-state index < -0.39 is 16.1 Å². The third-order valence-corrected chi connectivity index (χ3v) is 7.88. The van der Waals surface area contributed by atoms with E-state index in [9.17, 15) is 18.3 Å². The number of nitrogens with zero attached hydrogens (tertiary/aromatic N) is 3. The molecule has 0 bridgehead atoms. The number of hydrogen-bond donors (Lipinski definition) is 2. The third-order valence-electron chi connectivity index (χ3n) is 6.57. The molecule has 1 fully saturated rings. The number of piperazine rings is 1. The van der Waals surface area contributed by atoms with Crippen LogP contribution in [-0.2, 0) is 29.5 Å². The molecule has 34 heavy (non-hydrogen) atoms. The fourth-order valence-corrected chi connectivity index (χ4v) is 5.50. The zero-order valence-corrected chi connectivity index (χ0v) is 20.5. The number of benzene rings is 2. The molecular weight excluding hydrogens is 452 g/mol. The minimum absolute atomic E-state index is 0.202. The highest BCUT2D eigenvalue weighted by Crippen LogP contribution is 2.18. The number of carbonyl (C=O) groups is 1. The molecule has 0 aromatic heterocycles. The largest absolute Gasteiger partial charge is 0.390 e. The van der Waals surface area contributed by atoms with Crippen LogP contribution in [0.15, 0.2) is 48.5 Å². The highest BCUT2D eigenvalue weighted by atomic mass is 32.2. The predicted molar refractivity (Wildman–Crippen MR) is 132 cm³/mol. The molecule has 8 nitrogen and oxygen atoms in total. The molecule has 2 aliphatic heterocycles. The number of carbonyl (C=O) groups excluding carboxylic acids is 1. The predicted octanol–water partition coefficient (Wildman–Crippen LogP) is 0.913. The highest BCUT2D eigenvalue weighted by Gasteiger charge is 2.23. The summed E-state index contributed by atoms with van der Waals surface area (Å²) in [5.74, 6) is -0.202. The fraction of sp³-hybridized carbons (Fsp3) is 0.480. The van der Waals surface area contributed by atoms with Crippen molar-refractivity contribution < 1.29 is 18.3 Å². The number of rotatable bonds is 8. The lowest BCUT2D eigenvalue weighted by Gasteiger charge is -2.33. The number of amides is 1. The topological polar surface area (TPSA) is 93.2 Å². The standard InChI is InChI=1S/C25H34N4O4S/c1-34(32,33)29-13-11-27(12-14-29)17-20-5-4-8-22(15-20)25(31)26-16-24(30)19-28-10-9-21-6-2-3-7-23(21)18-28/h2-8,15,24,30H,9-14,16-19H2,1H3,(H,26,31). The molecule has 0 spiro atoms. The normalized spacial score (nSPS) is 18.9. The molecular formula is C25H34N4O4S. The van der Waals surface area contributed by atoms with E-state index in [-0.39, 0.29) is 12.5 Å². The van der Waals surface area contributed by atoms with E-state index in [4.69, 9.17) is 0 Å². The molecule has 184 valence electrons. The quantitative estimate of drug-likeness (QED) is 0.576. The van der Waals surface area contributed by atoms with Gasteiger partial charge < -0.3 is 10.4 Å². The Hall–Kier alpha value is -2.30. The molecule has 2 aromatic rings. The lowest BCUT2D eigenvalue weighted by molar-refractivity contribution is 0.0841. The van der Waals surface area contributed by atoms with Crippen LogP contribution in [0.5, 0.6) is 0 Å². The Morgan fingerprint density at radius 1 is 1.00 bits per heavy atom. The van der Waals surface area contributed by atoms with Crippen LogP contribution in [0.25, 0.3) is 0 Å². The summed E-state index contributed by atoms with van der Waals surface area (Å²) < 4.78 is 24.9. The van der Waals surface area contributed by atoms with Crippen molar-refractivity contribution in [2.24, 2.45) is 0 Å². The summed E-state index contributed by atoms with van der Waals surface area (Å²) in [6.45, 7) is 5.41. The molecule has 1 atom stereocenters. The van der Waals surface area contributed by atoms with Gasteiger partial charge in [0, 0.05) is 64.5 Å². The SMILES string of the molecule is CS(=O)(=O)N1CCN(Cc2cccc(C(=O)NCC(O)CN3CCc4ccccc4C3)c2)CC1. The van der Waals surface area contributed by atoms with E-state index in [0.717, 1.165) is 25.1 Å². The fourth-order valence-electron chi connectivity index (χ4n) is 4.67. The first-order chi connectivity index (χ1) is 16.3. The second-order valence-electron chi connectivity index (χ2n) is 9.26. The van der Waals surface area contributed by atoms with Gasteiger partial charge in [-0.1, -0.05) is 36.4 Å². The molecule has 1 unspecified atom stereocenters. The lowest BCUT2D eigenvalue weighted by Crippen LogP contribution is -2.47. The maximum absolute atomic E-state index is 12.7. The van der Waals surface area contributed by atoms with Gasteiger partial charge in [-0.25, -0.2) is 8.42 Å². The first kappa shape index (κ1) is 24.8. The summed E-state index contributed by atoms with van der Waals surface area (Å²) in [6, 6.07) is 15.9. The van der Waals surface area contributed by atoms with Crippen LogP contribution in [0.4, 0.5) is 0 Å². The Morgan fingerprint density at radius 2 is 1.74 bits per heavy atom. The van der Waals surface area contributed by atoms with Crippen molar-refractivity contribution in [3.8, 4) is 0 Å². The van der Waals surface area contributed by atoms with Crippen LogP contribution >= 0.6 is 0 Å². The Labute approximate surface area is 202 Å². The summed E-state index contributed by atoms with van der Waals surface area (Å²) in [5.41, 5.74) is 4.25. The highest BCUT2D eigenvalue weighted by molar-refractivity contribution is 7.88. The maximum Gasteiger partial charge on any atom is 0.251 e. The smallest absolute Gasteiger partial charge is 0.251 e. The molecule has 2 aliphatic rings. The summed E-state index contributed by atoms with van der Waals surface area (Å²) in [4.78, 5) is 17.1. The van der Waals surface area contributed by atoms with Crippen LogP contribution in [-0.4, -0.2) is 91.7 Å². The molecule has 0 saturated carbocycles. The Bertz CT molecular complexity index is 1100. The molecule has 2 heterocycles. The molecule has 9 heteroatoms. The van der Waals surface area contributed by atoms with Crippen molar-refractivity contribution in [1.29, 1.82) is 0 Å². The van der Waals surface area contributed by atoms with Crippen molar-refractivity contribution in [1.82, 2.24) is 19.4 Å². The van der Waals surface area contributed by atoms with E-state index in [1.807, 2.05) is 24.3 Å². The van der Waals surface area contributed by atoms with Crippen LogP contribution in [0.1, 0.15) is 27.0 Å². The van der Waals surface area contributed by atoms with Crippen molar-refractivity contribution >= 4 is 15.9 Å². The van der Waals surface area contributed by atoms with Gasteiger partial charge in [-0.2, -0.15) is 4.31 Å². The molecule has 1 saturated heterocycles. The Balaban J connectivity index is 1.23. The third kappa shape index (κ3) is 6.64. The van der Waals surface area contributed by atoms with Gasteiger partial charge in [0.05, 0.1) is 12.4 Å². The average molecular weight is 487 g/mol. The minimum Gasteiger partial charge on any atom is -0.390 e. The van der Waals surface area contributed by atoms with Gasteiger partial charge in [0.2, 0.25) is 10.0 Å². The number of aliphatic hydroxyl groups is 1. The summed E-state index contributed by atoms with van der Waals surface area (Å²) >= 11 is 0. The van der Waals surface area contributed by atoms with Crippen molar-refractivity contribution in [2.45, 2.75) is 25.6 Å². The first-order valence-corrected chi connectivity index (χ1v) is 13.6. The van der Waals surface area contributed by atoms with Crippen LogP contribution in [0, 0.1) is 0 Å². The molecule has 0 radical (unpaired) electrons. The van der Waals surface area contributed by atoms with Gasteiger partial charge in [-0.05, 0) is 35.2 Å². The Morgan fingerprint density at radius 3 is 2.47 bits per heavy atom. The first-order valence-electron chi connectivity index (χ1n) is 11.8. The number of β-amino-alcohol motifs (C(OH)–C–C–N with tert-alkyl or cyclic N) is 1. The van der Waals surface area contributed by atoms with Crippen LogP contribution < -0.4 is 5.32 Å². The van der Waals surface area contributed by atoms with Gasteiger partial charge in [0.15, 0.2) is 0 Å². The number of sulfonamides is 1. The summed E-state index contributed by atoms with van der Waals surface area (Å²) in [6.07, 6.45) is 1.59. The molecule has 4 rings (SSSR count).